The van der Waals surface area contributed by atoms with Crippen molar-refractivity contribution < 1.29 is 0 Å². The SMILES string of the molecule is CCNC(Cc1cccc(C)c1)c1cc(Cl)cc(Cl)c1. The van der Waals surface area contributed by atoms with Crippen LogP contribution in [-0.2, 0) is 6.42 Å². The van der Waals surface area contributed by atoms with Crippen LogP contribution in [-0.4, -0.2) is 6.54 Å². The third kappa shape index (κ3) is 4.24. The van der Waals surface area contributed by atoms with Gasteiger partial charge in [-0.15, -0.1) is 0 Å². The van der Waals surface area contributed by atoms with Crippen molar-refractivity contribution in [2.24, 2.45) is 0 Å². The Morgan fingerprint density at radius 1 is 1.05 bits per heavy atom. The number of benzene rings is 2. The van der Waals surface area contributed by atoms with Crippen molar-refractivity contribution in [3.63, 3.8) is 0 Å². The zero-order valence-electron chi connectivity index (χ0n) is 11.8. The van der Waals surface area contributed by atoms with Crippen LogP contribution in [0.5, 0.6) is 0 Å². The maximum atomic E-state index is 6.11. The van der Waals surface area contributed by atoms with Gasteiger partial charge in [-0.05, 0) is 49.2 Å². The van der Waals surface area contributed by atoms with Crippen molar-refractivity contribution in [2.45, 2.75) is 26.3 Å². The first-order chi connectivity index (χ1) is 9.58. The minimum atomic E-state index is 0.220. The molecule has 0 spiro atoms. The van der Waals surface area contributed by atoms with Crippen LogP contribution in [0.2, 0.25) is 10.0 Å². The van der Waals surface area contributed by atoms with Crippen LogP contribution in [0.15, 0.2) is 42.5 Å². The summed E-state index contributed by atoms with van der Waals surface area (Å²) >= 11 is 12.2. The van der Waals surface area contributed by atoms with Crippen LogP contribution in [0.3, 0.4) is 0 Å². The van der Waals surface area contributed by atoms with Crippen LogP contribution in [0.4, 0.5) is 0 Å². The lowest BCUT2D eigenvalue weighted by molar-refractivity contribution is 0.550. The molecular formula is C17H19Cl2N. The molecular weight excluding hydrogens is 289 g/mol. The summed E-state index contributed by atoms with van der Waals surface area (Å²) in [5, 5.41) is 4.86. The molecule has 2 aromatic carbocycles. The molecule has 1 atom stereocenters. The lowest BCUT2D eigenvalue weighted by atomic mass is 9.98. The van der Waals surface area contributed by atoms with Gasteiger partial charge in [0.15, 0.2) is 0 Å². The number of nitrogens with one attached hydrogen (secondary N) is 1. The van der Waals surface area contributed by atoms with Gasteiger partial charge in [-0.3, -0.25) is 0 Å². The quantitative estimate of drug-likeness (QED) is 0.801. The molecule has 0 aromatic heterocycles. The average Bonchev–Trinajstić information content (AvgIpc) is 2.37. The number of likely N-dealkylation sites (N-methyl/N-ethyl adjacent to an activating group) is 1. The molecule has 0 aliphatic heterocycles. The largest absolute Gasteiger partial charge is 0.310 e. The summed E-state index contributed by atoms with van der Waals surface area (Å²) in [5.74, 6) is 0. The Morgan fingerprint density at radius 3 is 2.35 bits per heavy atom. The first kappa shape index (κ1) is 15.4. The summed E-state index contributed by atoms with van der Waals surface area (Å²) in [7, 11) is 0. The molecule has 3 heteroatoms. The fourth-order valence-electron chi connectivity index (χ4n) is 2.41. The highest BCUT2D eigenvalue weighted by Crippen LogP contribution is 2.26. The fourth-order valence-corrected chi connectivity index (χ4v) is 2.95. The number of aryl methyl sites for hydroxylation is 1. The summed E-state index contributed by atoms with van der Waals surface area (Å²) < 4.78 is 0. The zero-order valence-corrected chi connectivity index (χ0v) is 13.3. The summed E-state index contributed by atoms with van der Waals surface area (Å²) in [5.41, 5.74) is 3.72. The van der Waals surface area contributed by atoms with Gasteiger partial charge in [0.05, 0.1) is 0 Å². The molecule has 0 fully saturated rings. The zero-order chi connectivity index (χ0) is 14.5. The number of rotatable bonds is 5. The molecule has 0 saturated carbocycles. The van der Waals surface area contributed by atoms with Crippen molar-refractivity contribution in [3.05, 3.63) is 69.2 Å². The molecule has 0 heterocycles. The Morgan fingerprint density at radius 2 is 1.75 bits per heavy atom. The van der Waals surface area contributed by atoms with Crippen molar-refractivity contribution in [1.82, 2.24) is 5.32 Å². The molecule has 0 bridgehead atoms. The maximum absolute atomic E-state index is 6.11. The highest BCUT2D eigenvalue weighted by Gasteiger charge is 2.12. The smallest absolute Gasteiger partial charge is 0.0424 e. The molecule has 20 heavy (non-hydrogen) atoms. The van der Waals surface area contributed by atoms with Gasteiger partial charge in [0.2, 0.25) is 0 Å². The van der Waals surface area contributed by atoms with Gasteiger partial charge in [-0.25, -0.2) is 0 Å². The van der Waals surface area contributed by atoms with E-state index in [0.29, 0.717) is 10.0 Å². The van der Waals surface area contributed by atoms with Crippen LogP contribution in [0, 0.1) is 6.92 Å². The lowest BCUT2D eigenvalue weighted by Gasteiger charge is -2.19. The maximum Gasteiger partial charge on any atom is 0.0424 e. The topological polar surface area (TPSA) is 12.0 Å². The number of hydrogen-bond donors (Lipinski definition) is 1. The normalized spacial score (nSPS) is 12.4. The van der Waals surface area contributed by atoms with Gasteiger partial charge < -0.3 is 5.32 Å². The first-order valence-electron chi connectivity index (χ1n) is 6.83. The van der Waals surface area contributed by atoms with Crippen LogP contribution in [0.1, 0.15) is 29.7 Å². The Labute approximate surface area is 130 Å². The molecule has 0 radical (unpaired) electrons. The summed E-state index contributed by atoms with van der Waals surface area (Å²) in [4.78, 5) is 0. The monoisotopic (exact) mass is 307 g/mol. The van der Waals surface area contributed by atoms with E-state index in [1.807, 2.05) is 12.1 Å². The second-order valence-corrected chi connectivity index (χ2v) is 5.88. The van der Waals surface area contributed by atoms with E-state index in [-0.39, 0.29) is 6.04 Å². The van der Waals surface area contributed by atoms with Crippen molar-refractivity contribution in [1.29, 1.82) is 0 Å². The Balaban J connectivity index is 2.26. The third-order valence-corrected chi connectivity index (χ3v) is 3.70. The van der Waals surface area contributed by atoms with E-state index in [9.17, 15) is 0 Å². The second-order valence-electron chi connectivity index (χ2n) is 5.01. The lowest BCUT2D eigenvalue weighted by Crippen LogP contribution is -2.23. The molecule has 2 aromatic rings. The van der Waals surface area contributed by atoms with Gasteiger partial charge in [-0.2, -0.15) is 0 Å². The fraction of sp³-hybridized carbons (Fsp3) is 0.294. The molecule has 0 aliphatic rings. The molecule has 2 rings (SSSR count). The van der Waals surface area contributed by atoms with Crippen LogP contribution < -0.4 is 5.32 Å². The molecule has 1 N–H and O–H groups in total. The molecule has 0 aliphatic carbocycles. The van der Waals surface area contributed by atoms with Gasteiger partial charge in [0.1, 0.15) is 0 Å². The highest BCUT2D eigenvalue weighted by atomic mass is 35.5. The Hall–Kier alpha value is -1.02. The minimum absolute atomic E-state index is 0.220. The van der Waals surface area contributed by atoms with E-state index in [1.165, 1.54) is 11.1 Å². The van der Waals surface area contributed by atoms with Gasteiger partial charge in [0.25, 0.3) is 0 Å². The molecule has 1 nitrogen and oxygen atoms in total. The van der Waals surface area contributed by atoms with Crippen molar-refractivity contribution in [2.75, 3.05) is 6.54 Å². The molecule has 0 amide bonds. The van der Waals surface area contributed by atoms with Crippen LogP contribution in [0.25, 0.3) is 0 Å². The highest BCUT2D eigenvalue weighted by molar-refractivity contribution is 6.34. The minimum Gasteiger partial charge on any atom is -0.310 e. The first-order valence-corrected chi connectivity index (χ1v) is 7.59. The number of halogens is 2. The summed E-state index contributed by atoms with van der Waals surface area (Å²) in [6, 6.07) is 14.5. The average molecular weight is 308 g/mol. The standard InChI is InChI=1S/C17H19Cl2N/c1-3-20-17(8-13-6-4-5-12(2)7-13)14-9-15(18)11-16(19)10-14/h4-7,9-11,17,20H,3,8H2,1-2H3. The summed E-state index contributed by atoms with van der Waals surface area (Å²) in [6.45, 7) is 5.12. The Kier molecular flexibility index (Phi) is 5.47. The summed E-state index contributed by atoms with van der Waals surface area (Å²) in [6.07, 6.45) is 0.923. The predicted octanol–water partition coefficient (Wildman–Crippen LogP) is 5.20. The second kappa shape index (κ2) is 7.12. The molecule has 0 saturated heterocycles. The van der Waals surface area contributed by atoms with Gasteiger partial charge in [-0.1, -0.05) is 60.0 Å². The van der Waals surface area contributed by atoms with E-state index in [0.717, 1.165) is 18.5 Å². The van der Waals surface area contributed by atoms with Crippen molar-refractivity contribution in [3.8, 4) is 0 Å². The third-order valence-electron chi connectivity index (χ3n) is 3.26. The Bertz CT molecular complexity index is 561. The van der Waals surface area contributed by atoms with E-state index in [1.54, 1.807) is 6.07 Å². The van der Waals surface area contributed by atoms with Crippen LogP contribution >= 0.6 is 23.2 Å². The van der Waals surface area contributed by atoms with E-state index >= 15 is 0 Å². The van der Waals surface area contributed by atoms with Gasteiger partial charge >= 0.3 is 0 Å². The van der Waals surface area contributed by atoms with E-state index in [4.69, 9.17) is 23.2 Å². The predicted molar refractivity (Wildman–Crippen MR) is 87.8 cm³/mol. The van der Waals surface area contributed by atoms with Crippen molar-refractivity contribution >= 4 is 23.2 Å². The van der Waals surface area contributed by atoms with E-state index in [2.05, 4.69) is 43.4 Å². The van der Waals surface area contributed by atoms with E-state index < -0.39 is 0 Å². The molecule has 106 valence electrons. The molecule has 1 unspecified atom stereocenters. The number of hydrogen-bond acceptors (Lipinski definition) is 1. The van der Waals surface area contributed by atoms with Gasteiger partial charge in [0, 0.05) is 16.1 Å².